The van der Waals surface area contributed by atoms with Crippen molar-refractivity contribution < 1.29 is 14.1 Å². The van der Waals surface area contributed by atoms with E-state index >= 15 is 0 Å². The Bertz CT molecular complexity index is 1170. The third-order valence-corrected chi connectivity index (χ3v) is 5.04. The lowest BCUT2D eigenvalue weighted by Gasteiger charge is -2.14. The van der Waals surface area contributed by atoms with E-state index in [0.717, 1.165) is 33.3 Å². The highest BCUT2D eigenvalue weighted by atomic mass is 16.5. The molecule has 4 aromatic rings. The van der Waals surface area contributed by atoms with Crippen LogP contribution in [0.3, 0.4) is 0 Å². The molecular weight excluding hydrogens is 364 g/mol. The van der Waals surface area contributed by atoms with Gasteiger partial charge < -0.3 is 14.6 Å². The minimum atomic E-state index is -0.209. The Morgan fingerprint density at radius 2 is 1.69 bits per heavy atom. The highest BCUT2D eigenvalue weighted by Crippen LogP contribution is 2.29. The highest BCUT2D eigenvalue weighted by molar-refractivity contribution is 6.09. The van der Waals surface area contributed by atoms with Crippen LogP contribution in [0.2, 0.25) is 0 Å². The molecule has 0 radical (unpaired) electrons. The van der Waals surface area contributed by atoms with Gasteiger partial charge in [-0.05, 0) is 55.3 Å². The molecule has 0 aliphatic heterocycles. The van der Waals surface area contributed by atoms with E-state index in [9.17, 15) is 4.79 Å². The number of carbonyl (C=O) groups excluding carboxylic acids is 1. The summed E-state index contributed by atoms with van der Waals surface area (Å²) in [4.78, 5) is 13.1. The fourth-order valence-electron chi connectivity index (χ4n) is 3.28. The van der Waals surface area contributed by atoms with E-state index in [1.165, 1.54) is 0 Å². The number of benzene rings is 3. The number of ether oxygens (including phenoxy) is 1. The van der Waals surface area contributed by atoms with Crippen molar-refractivity contribution >= 4 is 22.4 Å². The molecule has 0 saturated carbocycles. The van der Waals surface area contributed by atoms with Gasteiger partial charge in [-0.3, -0.25) is 4.79 Å². The molecule has 1 amide bonds. The largest absolute Gasteiger partial charge is 0.488 e. The molecule has 29 heavy (non-hydrogen) atoms. The lowest BCUT2D eigenvalue weighted by atomic mass is 10.0. The molecule has 0 fully saturated rings. The summed E-state index contributed by atoms with van der Waals surface area (Å²) in [6.45, 7) is 5.97. The summed E-state index contributed by atoms with van der Waals surface area (Å²) < 4.78 is 11.3. The van der Waals surface area contributed by atoms with Crippen molar-refractivity contribution in [2.75, 3.05) is 5.32 Å². The minimum Gasteiger partial charge on any atom is -0.488 e. The molecule has 0 atom stereocenters. The number of hydrogen-bond donors (Lipinski definition) is 1. The first-order chi connectivity index (χ1) is 14.0. The van der Waals surface area contributed by atoms with Gasteiger partial charge >= 0.3 is 0 Å². The normalized spacial score (nSPS) is 10.9. The fourth-order valence-corrected chi connectivity index (χ4v) is 3.28. The van der Waals surface area contributed by atoms with Gasteiger partial charge in [0, 0.05) is 5.69 Å². The van der Waals surface area contributed by atoms with Gasteiger partial charge in [0.2, 0.25) is 0 Å². The zero-order valence-electron chi connectivity index (χ0n) is 16.7. The summed E-state index contributed by atoms with van der Waals surface area (Å²) >= 11 is 0. The SMILES string of the molecule is Cc1ccccc1NC(=O)c1cc2ccccc2cc1OCc1c(C)noc1C. The van der Waals surface area contributed by atoms with Gasteiger partial charge in [0.1, 0.15) is 18.1 Å². The van der Waals surface area contributed by atoms with Gasteiger partial charge in [-0.2, -0.15) is 0 Å². The zero-order chi connectivity index (χ0) is 20.4. The number of rotatable bonds is 5. The van der Waals surface area contributed by atoms with Gasteiger partial charge in [0.15, 0.2) is 0 Å². The number of nitrogens with zero attached hydrogens (tertiary/aromatic N) is 1. The smallest absolute Gasteiger partial charge is 0.259 e. The molecule has 0 aliphatic rings. The maximum Gasteiger partial charge on any atom is 0.259 e. The maximum atomic E-state index is 13.1. The van der Waals surface area contributed by atoms with Gasteiger partial charge in [-0.15, -0.1) is 0 Å². The second-order valence-corrected chi connectivity index (χ2v) is 7.06. The summed E-state index contributed by atoms with van der Waals surface area (Å²) in [6.07, 6.45) is 0. The van der Waals surface area contributed by atoms with Gasteiger partial charge in [-0.25, -0.2) is 0 Å². The number of nitrogens with one attached hydrogen (secondary N) is 1. The quantitative estimate of drug-likeness (QED) is 0.486. The van der Waals surface area contributed by atoms with Gasteiger partial charge in [0.05, 0.1) is 16.8 Å². The van der Waals surface area contributed by atoms with E-state index in [2.05, 4.69) is 10.5 Å². The number of carbonyl (C=O) groups is 1. The number of hydrogen-bond acceptors (Lipinski definition) is 4. The van der Waals surface area contributed by atoms with Crippen LogP contribution in [0.15, 0.2) is 65.2 Å². The van der Waals surface area contributed by atoms with E-state index in [4.69, 9.17) is 9.26 Å². The number of anilines is 1. The van der Waals surface area contributed by atoms with E-state index in [1.54, 1.807) is 0 Å². The number of aromatic nitrogens is 1. The molecule has 1 aromatic heterocycles. The van der Waals surface area contributed by atoms with Crippen molar-refractivity contribution in [1.29, 1.82) is 0 Å². The average Bonchev–Trinajstić information content (AvgIpc) is 3.05. The molecule has 4 rings (SSSR count). The third-order valence-electron chi connectivity index (χ3n) is 5.04. The number of aryl methyl sites for hydroxylation is 3. The van der Waals surface area contributed by atoms with Crippen molar-refractivity contribution in [2.24, 2.45) is 0 Å². The molecular formula is C24H22N2O3. The van der Waals surface area contributed by atoms with Gasteiger partial charge in [0.25, 0.3) is 5.91 Å². The summed E-state index contributed by atoms with van der Waals surface area (Å²) in [5.41, 5.74) is 3.94. The van der Waals surface area contributed by atoms with Crippen molar-refractivity contribution in [3.8, 4) is 5.75 Å². The molecule has 0 aliphatic carbocycles. The lowest BCUT2D eigenvalue weighted by Crippen LogP contribution is -2.14. The molecule has 1 heterocycles. The van der Waals surface area contributed by atoms with Crippen LogP contribution >= 0.6 is 0 Å². The predicted molar refractivity (Wildman–Crippen MR) is 113 cm³/mol. The Labute approximate surface area is 169 Å². The number of fused-ring (bicyclic) bond motifs is 1. The van der Waals surface area contributed by atoms with Crippen LogP contribution < -0.4 is 10.1 Å². The predicted octanol–water partition coefficient (Wildman–Crippen LogP) is 5.58. The first-order valence-corrected chi connectivity index (χ1v) is 9.47. The molecule has 3 aromatic carbocycles. The molecule has 0 spiro atoms. The summed E-state index contributed by atoms with van der Waals surface area (Å²) in [6, 6.07) is 19.4. The van der Waals surface area contributed by atoms with Crippen molar-refractivity contribution in [1.82, 2.24) is 5.16 Å². The summed E-state index contributed by atoms with van der Waals surface area (Å²) in [5.74, 6) is 1.03. The molecule has 0 bridgehead atoms. The summed E-state index contributed by atoms with van der Waals surface area (Å²) in [5, 5.41) is 8.95. The van der Waals surface area contributed by atoms with Crippen LogP contribution in [0.5, 0.6) is 5.75 Å². The standard InChI is InChI=1S/C24H22N2O3/c1-15-8-4-7-11-22(15)25-24(27)20-12-18-9-5-6-10-19(18)13-23(20)28-14-21-16(2)26-29-17(21)3/h4-13H,14H2,1-3H3,(H,25,27). The Kier molecular flexibility index (Phi) is 5.04. The molecule has 146 valence electrons. The fraction of sp³-hybridized carbons (Fsp3) is 0.167. The van der Waals surface area contributed by atoms with Crippen molar-refractivity contribution in [3.63, 3.8) is 0 Å². The Morgan fingerprint density at radius 3 is 2.38 bits per heavy atom. The van der Waals surface area contributed by atoms with Crippen LogP contribution in [0, 0.1) is 20.8 Å². The highest BCUT2D eigenvalue weighted by Gasteiger charge is 2.17. The topological polar surface area (TPSA) is 64.4 Å². The second kappa shape index (κ2) is 7.80. The van der Waals surface area contributed by atoms with E-state index < -0.39 is 0 Å². The number of amides is 1. The van der Waals surface area contributed by atoms with E-state index in [1.807, 2.05) is 81.4 Å². The Hall–Kier alpha value is -3.60. The van der Waals surface area contributed by atoms with Gasteiger partial charge in [-0.1, -0.05) is 47.6 Å². The molecule has 5 heteroatoms. The number of para-hydroxylation sites is 1. The average molecular weight is 386 g/mol. The molecule has 0 saturated heterocycles. The van der Waals surface area contributed by atoms with Crippen LogP contribution in [-0.2, 0) is 6.61 Å². The van der Waals surface area contributed by atoms with E-state index in [0.29, 0.717) is 17.1 Å². The third kappa shape index (κ3) is 3.85. The second-order valence-electron chi connectivity index (χ2n) is 7.06. The Balaban J connectivity index is 1.70. The van der Waals surface area contributed by atoms with Crippen LogP contribution in [-0.4, -0.2) is 11.1 Å². The first-order valence-electron chi connectivity index (χ1n) is 9.47. The monoisotopic (exact) mass is 386 g/mol. The van der Waals surface area contributed by atoms with Crippen LogP contribution in [0.1, 0.15) is 32.9 Å². The molecule has 5 nitrogen and oxygen atoms in total. The maximum absolute atomic E-state index is 13.1. The minimum absolute atomic E-state index is 0.209. The van der Waals surface area contributed by atoms with Crippen LogP contribution in [0.25, 0.3) is 10.8 Å². The Morgan fingerprint density at radius 1 is 1.00 bits per heavy atom. The van der Waals surface area contributed by atoms with Crippen molar-refractivity contribution in [2.45, 2.75) is 27.4 Å². The van der Waals surface area contributed by atoms with E-state index in [-0.39, 0.29) is 12.5 Å². The molecule has 1 N–H and O–H groups in total. The zero-order valence-corrected chi connectivity index (χ0v) is 16.7. The lowest BCUT2D eigenvalue weighted by molar-refractivity contribution is 0.102. The van der Waals surface area contributed by atoms with Crippen molar-refractivity contribution in [3.05, 3.63) is 88.8 Å². The molecule has 0 unspecified atom stereocenters. The summed E-state index contributed by atoms with van der Waals surface area (Å²) in [7, 11) is 0. The first kappa shape index (κ1) is 18.7. The van der Waals surface area contributed by atoms with Crippen LogP contribution in [0.4, 0.5) is 5.69 Å².